The van der Waals surface area contributed by atoms with E-state index in [4.69, 9.17) is 14.2 Å². The molecule has 2 heterocycles. The standard InChI is InChI=1S/C19H25NO5S2/c1-13(25-18(21)5-3-2-4-15-8-9-26-27-15)19(22)20-11-14-6-7-16-17(10-14)24-12-23-16/h6-7,10,13,15H,2-5,8-9,11-12H2,1H3,(H,20,22)/t13-,15-/m0/s1. The topological polar surface area (TPSA) is 73.9 Å². The monoisotopic (exact) mass is 411 g/mol. The van der Waals surface area contributed by atoms with Crippen LogP contribution < -0.4 is 14.8 Å². The van der Waals surface area contributed by atoms with Gasteiger partial charge in [0.2, 0.25) is 6.79 Å². The van der Waals surface area contributed by atoms with Crippen LogP contribution in [0.15, 0.2) is 18.2 Å². The third kappa shape index (κ3) is 6.24. The summed E-state index contributed by atoms with van der Waals surface area (Å²) in [4.78, 5) is 24.1. The van der Waals surface area contributed by atoms with E-state index in [0.29, 0.717) is 24.5 Å². The molecule has 0 spiro atoms. The normalized spacial score (nSPS) is 18.9. The number of benzene rings is 1. The minimum atomic E-state index is -0.798. The zero-order valence-electron chi connectivity index (χ0n) is 15.4. The quantitative estimate of drug-likeness (QED) is 0.377. The van der Waals surface area contributed by atoms with Crippen LogP contribution in [0.25, 0.3) is 0 Å². The molecule has 1 saturated heterocycles. The number of hydrogen-bond acceptors (Lipinski definition) is 7. The lowest BCUT2D eigenvalue weighted by Crippen LogP contribution is -2.35. The van der Waals surface area contributed by atoms with Gasteiger partial charge in [0.25, 0.3) is 5.91 Å². The van der Waals surface area contributed by atoms with E-state index in [0.717, 1.165) is 30.1 Å². The van der Waals surface area contributed by atoms with Crippen molar-refractivity contribution in [2.24, 2.45) is 0 Å². The number of rotatable bonds is 9. The molecule has 0 radical (unpaired) electrons. The van der Waals surface area contributed by atoms with Crippen molar-refractivity contribution in [3.8, 4) is 11.5 Å². The Morgan fingerprint density at radius 3 is 2.96 bits per heavy atom. The molecule has 1 aromatic rings. The molecule has 8 heteroatoms. The van der Waals surface area contributed by atoms with Crippen LogP contribution in [0.3, 0.4) is 0 Å². The number of amides is 1. The summed E-state index contributed by atoms with van der Waals surface area (Å²) in [6.45, 7) is 2.16. The molecule has 148 valence electrons. The molecule has 0 aliphatic carbocycles. The Labute approximate surface area is 167 Å². The molecule has 0 saturated carbocycles. The number of ether oxygens (including phenoxy) is 3. The van der Waals surface area contributed by atoms with Gasteiger partial charge in [-0.1, -0.05) is 34.1 Å². The first-order valence-electron chi connectivity index (χ1n) is 9.26. The van der Waals surface area contributed by atoms with Crippen LogP contribution in [0.1, 0.15) is 44.6 Å². The lowest BCUT2D eigenvalue weighted by Gasteiger charge is -2.14. The van der Waals surface area contributed by atoms with E-state index >= 15 is 0 Å². The van der Waals surface area contributed by atoms with Crippen LogP contribution in [0.5, 0.6) is 11.5 Å². The molecule has 1 N–H and O–H groups in total. The predicted molar refractivity (Wildman–Crippen MR) is 107 cm³/mol. The molecule has 3 rings (SSSR count). The van der Waals surface area contributed by atoms with Crippen LogP contribution in [0.2, 0.25) is 0 Å². The SMILES string of the molecule is C[C@H](OC(=O)CCCC[C@H]1CCSS1)C(=O)NCc1ccc2c(c1)OCO2. The van der Waals surface area contributed by atoms with Crippen molar-refractivity contribution in [3.05, 3.63) is 23.8 Å². The average Bonchev–Trinajstić information content (AvgIpc) is 3.34. The summed E-state index contributed by atoms with van der Waals surface area (Å²) in [5.74, 6) is 2.00. The van der Waals surface area contributed by atoms with Gasteiger partial charge < -0.3 is 19.5 Å². The Hall–Kier alpha value is -1.54. The second kappa shape index (κ2) is 10.1. The zero-order valence-corrected chi connectivity index (χ0v) is 17.0. The summed E-state index contributed by atoms with van der Waals surface area (Å²) in [5, 5.41) is 3.51. The lowest BCUT2D eigenvalue weighted by molar-refractivity contribution is -0.155. The molecule has 1 fully saturated rings. The first-order valence-corrected chi connectivity index (χ1v) is 11.6. The molecule has 27 heavy (non-hydrogen) atoms. The van der Waals surface area contributed by atoms with Crippen molar-refractivity contribution < 1.29 is 23.8 Å². The molecule has 6 nitrogen and oxygen atoms in total. The predicted octanol–water partition coefficient (Wildman–Crippen LogP) is 3.68. The highest BCUT2D eigenvalue weighted by molar-refractivity contribution is 8.77. The summed E-state index contributed by atoms with van der Waals surface area (Å²) in [5.41, 5.74) is 0.897. The van der Waals surface area contributed by atoms with Crippen LogP contribution in [0.4, 0.5) is 0 Å². The van der Waals surface area contributed by atoms with E-state index in [2.05, 4.69) is 5.32 Å². The Balaban J connectivity index is 1.31. The van der Waals surface area contributed by atoms with Crippen molar-refractivity contribution in [2.75, 3.05) is 12.5 Å². The van der Waals surface area contributed by atoms with Gasteiger partial charge in [-0.3, -0.25) is 9.59 Å². The molecule has 0 bridgehead atoms. The minimum absolute atomic E-state index is 0.219. The smallest absolute Gasteiger partial charge is 0.306 e. The first kappa shape index (κ1) is 20.2. The summed E-state index contributed by atoms with van der Waals surface area (Å²) in [7, 11) is 3.89. The van der Waals surface area contributed by atoms with Gasteiger partial charge in [-0.05, 0) is 43.9 Å². The highest BCUT2D eigenvalue weighted by Gasteiger charge is 2.19. The number of esters is 1. The number of unbranched alkanes of at least 4 members (excludes halogenated alkanes) is 1. The molecule has 1 amide bonds. The summed E-state index contributed by atoms with van der Waals surface area (Å²) >= 11 is 0. The van der Waals surface area contributed by atoms with Crippen molar-refractivity contribution in [1.29, 1.82) is 0 Å². The summed E-state index contributed by atoms with van der Waals surface area (Å²) in [6, 6.07) is 5.52. The Morgan fingerprint density at radius 2 is 2.15 bits per heavy atom. The number of nitrogens with one attached hydrogen (secondary N) is 1. The molecule has 0 unspecified atom stereocenters. The van der Waals surface area contributed by atoms with Gasteiger partial charge >= 0.3 is 5.97 Å². The second-order valence-corrected chi connectivity index (χ2v) is 9.40. The zero-order chi connectivity index (χ0) is 19.1. The van der Waals surface area contributed by atoms with Crippen molar-refractivity contribution in [3.63, 3.8) is 0 Å². The van der Waals surface area contributed by atoms with Crippen LogP contribution in [0, 0.1) is 0 Å². The first-order chi connectivity index (χ1) is 13.1. The number of carbonyl (C=O) groups excluding carboxylic acids is 2. The Bertz CT molecular complexity index is 664. The third-order valence-electron chi connectivity index (χ3n) is 4.47. The fourth-order valence-electron chi connectivity index (χ4n) is 2.90. The molecule has 2 aliphatic rings. The third-order valence-corrected chi connectivity index (χ3v) is 7.47. The van der Waals surface area contributed by atoms with E-state index in [1.807, 2.05) is 39.8 Å². The van der Waals surface area contributed by atoms with Crippen LogP contribution in [-0.4, -0.2) is 35.8 Å². The van der Waals surface area contributed by atoms with E-state index < -0.39 is 6.10 Å². The van der Waals surface area contributed by atoms with Crippen molar-refractivity contribution in [1.82, 2.24) is 5.32 Å². The van der Waals surface area contributed by atoms with Crippen molar-refractivity contribution >= 4 is 33.5 Å². The van der Waals surface area contributed by atoms with Gasteiger partial charge in [-0.25, -0.2) is 0 Å². The summed E-state index contributed by atoms with van der Waals surface area (Å²) in [6.07, 6.45) is 3.82. The van der Waals surface area contributed by atoms with E-state index in [1.165, 1.54) is 12.2 Å². The second-order valence-electron chi connectivity index (χ2n) is 6.61. The maximum absolute atomic E-state index is 12.1. The van der Waals surface area contributed by atoms with Gasteiger partial charge in [-0.15, -0.1) is 0 Å². The number of carbonyl (C=O) groups is 2. The van der Waals surface area contributed by atoms with Gasteiger partial charge in [0, 0.05) is 24.0 Å². The average molecular weight is 412 g/mol. The van der Waals surface area contributed by atoms with E-state index in [9.17, 15) is 9.59 Å². The lowest BCUT2D eigenvalue weighted by atomic mass is 10.1. The molecule has 0 aromatic heterocycles. The maximum atomic E-state index is 12.1. The minimum Gasteiger partial charge on any atom is -0.454 e. The van der Waals surface area contributed by atoms with Crippen LogP contribution >= 0.6 is 21.6 Å². The molecule has 2 aliphatic heterocycles. The molecular formula is C19H25NO5S2. The molecule has 2 atom stereocenters. The largest absolute Gasteiger partial charge is 0.454 e. The van der Waals surface area contributed by atoms with Gasteiger partial charge in [0.1, 0.15) is 0 Å². The summed E-state index contributed by atoms with van der Waals surface area (Å²) < 4.78 is 15.8. The Morgan fingerprint density at radius 1 is 1.30 bits per heavy atom. The fraction of sp³-hybridized carbons (Fsp3) is 0.579. The fourth-order valence-corrected chi connectivity index (χ4v) is 5.93. The highest BCUT2D eigenvalue weighted by atomic mass is 33.1. The number of fused-ring (bicyclic) bond motifs is 1. The van der Waals surface area contributed by atoms with E-state index in [1.54, 1.807) is 6.92 Å². The van der Waals surface area contributed by atoms with Gasteiger partial charge in [0.05, 0.1) is 0 Å². The number of hydrogen-bond donors (Lipinski definition) is 1. The highest BCUT2D eigenvalue weighted by Crippen LogP contribution is 2.39. The molecular weight excluding hydrogens is 386 g/mol. The van der Waals surface area contributed by atoms with Gasteiger partial charge in [0.15, 0.2) is 17.6 Å². The van der Waals surface area contributed by atoms with Crippen molar-refractivity contribution in [2.45, 2.75) is 56.9 Å². The van der Waals surface area contributed by atoms with Crippen LogP contribution in [-0.2, 0) is 20.9 Å². The Kier molecular flexibility index (Phi) is 7.58. The van der Waals surface area contributed by atoms with Gasteiger partial charge in [-0.2, -0.15) is 0 Å². The molecule has 1 aromatic carbocycles. The van der Waals surface area contributed by atoms with E-state index in [-0.39, 0.29) is 18.7 Å². The maximum Gasteiger partial charge on any atom is 0.306 e.